The van der Waals surface area contributed by atoms with Crippen LogP contribution in [0.4, 0.5) is 0 Å². The van der Waals surface area contributed by atoms with Gasteiger partial charge in [0.15, 0.2) is 11.6 Å². The normalized spacial score (nSPS) is 27.3. The van der Waals surface area contributed by atoms with Crippen LogP contribution in [0.25, 0.3) is 0 Å². The maximum Gasteiger partial charge on any atom is 0.308 e. The number of ether oxygens (including phenoxy) is 3. The van der Waals surface area contributed by atoms with Crippen molar-refractivity contribution in [2.24, 2.45) is 0 Å². The Hall–Kier alpha value is -1.24. The van der Waals surface area contributed by atoms with Gasteiger partial charge in [-0.1, -0.05) is 117 Å². The van der Waals surface area contributed by atoms with Gasteiger partial charge in [0.2, 0.25) is 0 Å². The number of carbonyl (C=O) groups is 2. The fraction of sp³-hybridized carbons (Fsp3) is 0.886. The number of allylic oxidation sites excluding steroid dienone is 1. The molecule has 2 heterocycles. The molecule has 2 saturated heterocycles. The Morgan fingerprint density at radius 1 is 0.878 bits per heavy atom. The molecule has 238 valence electrons. The summed E-state index contributed by atoms with van der Waals surface area (Å²) in [5.74, 6) is -1.01. The second-order valence-electron chi connectivity index (χ2n) is 12.4. The Morgan fingerprint density at radius 3 is 1.98 bits per heavy atom. The number of rotatable bonds is 19. The molecule has 2 spiro atoms. The van der Waals surface area contributed by atoms with Crippen molar-refractivity contribution in [1.82, 2.24) is 0 Å². The minimum atomic E-state index is -0.874. The molecular weight excluding hydrogens is 516 g/mol. The molecule has 0 aromatic rings. The van der Waals surface area contributed by atoms with Crippen molar-refractivity contribution >= 4 is 11.8 Å². The zero-order chi connectivity index (χ0) is 29.8. The minimum Gasteiger partial charge on any atom is -0.466 e. The van der Waals surface area contributed by atoms with E-state index in [1.807, 2.05) is 19.9 Å². The molecule has 3 rings (SSSR count). The highest BCUT2D eigenvalue weighted by Gasteiger charge is 2.53. The molecule has 2 unspecified atom stereocenters. The quantitative estimate of drug-likeness (QED) is 0.122. The third-order valence-corrected chi connectivity index (χ3v) is 8.80. The first-order valence-corrected chi connectivity index (χ1v) is 17.4. The predicted octanol–water partition coefficient (Wildman–Crippen LogP) is 8.91. The lowest BCUT2D eigenvalue weighted by molar-refractivity contribution is -0.297. The molecular formula is C35H62O6. The lowest BCUT2D eigenvalue weighted by Crippen LogP contribution is -2.48. The van der Waals surface area contributed by atoms with Crippen LogP contribution in [-0.4, -0.2) is 47.1 Å². The number of esters is 1. The lowest BCUT2D eigenvalue weighted by atomic mass is 9.87. The van der Waals surface area contributed by atoms with Crippen LogP contribution in [0.5, 0.6) is 0 Å². The van der Waals surface area contributed by atoms with Gasteiger partial charge in [0.05, 0.1) is 30.8 Å². The summed E-state index contributed by atoms with van der Waals surface area (Å²) < 4.78 is 18.1. The van der Waals surface area contributed by atoms with Crippen LogP contribution in [0.15, 0.2) is 12.2 Å². The summed E-state index contributed by atoms with van der Waals surface area (Å²) in [7, 11) is 0. The van der Waals surface area contributed by atoms with Gasteiger partial charge in [0.25, 0.3) is 0 Å². The second kappa shape index (κ2) is 20.6. The summed E-state index contributed by atoms with van der Waals surface area (Å²) in [6, 6.07) is 0. The van der Waals surface area contributed by atoms with Crippen molar-refractivity contribution in [1.29, 1.82) is 0 Å². The molecule has 1 N–H and O–H groups in total. The van der Waals surface area contributed by atoms with E-state index < -0.39 is 23.6 Å². The summed E-state index contributed by atoms with van der Waals surface area (Å²) in [6.07, 6.45) is 27.1. The summed E-state index contributed by atoms with van der Waals surface area (Å²) in [6.45, 7) is 6.73. The van der Waals surface area contributed by atoms with Crippen molar-refractivity contribution in [2.75, 3.05) is 6.61 Å². The largest absolute Gasteiger partial charge is 0.466 e. The second-order valence-corrected chi connectivity index (χ2v) is 12.4. The minimum absolute atomic E-state index is 0.125. The fourth-order valence-electron chi connectivity index (χ4n) is 6.49. The maximum atomic E-state index is 12.4. The Labute approximate surface area is 251 Å². The zero-order valence-electron chi connectivity index (χ0n) is 26.8. The van der Waals surface area contributed by atoms with Gasteiger partial charge in [-0.15, -0.1) is 0 Å². The Balaban J connectivity index is 0.00000287. The van der Waals surface area contributed by atoms with Gasteiger partial charge >= 0.3 is 5.97 Å². The SMILES string of the molecule is CC.CCCCCCCCCCCCCCCCCCOC(=O)CC1CC(O)C[C@]2(CC[C@]3(C=CC(=O)CC3)O2)O1. The maximum absolute atomic E-state index is 12.4. The van der Waals surface area contributed by atoms with Crippen molar-refractivity contribution in [3.05, 3.63) is 12.2 Å². The number of aliphatic hydroxyl groups is 1. The Kier molecular flexibility index (Phi) is 18.1. The number of unbranched alkanes of at least 4 members (excludes halogenated alkanes) is 15. The van der Waals surface area contributed by atoms with E-state index in [1.165, 1.54) is 89.9 Å². The predicted molar refractivity (Wildman–Crippen MR) is 166 cm³/mol. The number of hydrogen-bond acceptors (Lipinski definition) is 6. The van der Waals surface area contributed by atoms with Crippen LogP contribution in [0.2, 0.25) is 0 Å². The number of ketones is 1. The third-order valence-electron chi connectivity index (χ3n) is 8.80. The smallest absolute Gasteiger partial charge is 0.308 e. The number of hydrogen-bond donors (Lipinski definition) is 1. The van der Waals surface area contributed by atoms with E-state index in [0.717, 1.165) is 19.3 Å². The molecule has 3 aliphatic rings. The molecule has 2 fully saturated rings. The summed E-state index contributed by atoms with van der Waals surface area (Å²) in [5.41, 5.74) is -0.483. The van der Waals surface area contributed by atoms with Gasteiger partial charge in [-0.2, -0.15) is 0 Å². The summed E-state index contributed by atoms with van der Waals surface area (Å²) in [4.78, 5) is 24.0. The van der Waals surface area contributed by atoms with Gasteiger partial charge in [0.1, 0.15) is 0 Å². The molecule has 1 aliphatic carbocycles. The first-order chi connectivity index (χ1) is 19.9. The summed E-state index contributed by atoms with van der Waals surface area (Å²) in [5, 5.41) is 10.5. The molecule has 6 heteroatoms. The molecule has 0 saturated carbocycles. The molecule has 4 atom stereocenters. The van der Waals surface area contributed by atoms with Gasteiger partial charge in [-0.05, 0) is 31.4 Å². The van der Waals surface area contributed by atoms with Crippen molar-refractivity contribution in [2.45, 2.75) is 192 Å². The average molecular weight is 579 g/mol. The standard InChI is InChI=1S/C33H56O6.C2H6/c1-2-3-4-5-6-7-8-9-10-11-12-13-14-15-16-17-24-37-31(36)26-30-25-29(35)27-33(38-30)23-22-32(39-33)20-18-28(34)19-21-32;1-2/h18,20,29-30,35H,2-17,19,21-27H2,1H3;1-2H3/t29?,30?,32-,33-;/m1./s1. The van der Waals surface area contributed by atoms with Crippen molar-refractivity contribution in [3.63, 3.8) is 0 Å². The van der Waals surface area contributed by atoms with Crippen LogP contribution < -0.4 is 0 Å². The van der Waals surface area contributed by atoms with E-state index in [0.29, 0.717) is 38.7 Å². The van der Waals surface area contributed by atoms with Gasteiger partial charge in [-0.25, -0.2) is 0 Å². The van der Waals surface area contributed by atoms with Gasteiger partial charge in [0, 0.05) is 25.7 Å². The van der Waals surface area contributed by atoms with Crippen molar-refractivity contribution < 1.29 is 28.9 Å². The number of carbonyl (C=O) groups excluding carboxylic acids is 2. The molecule has 0 bridgehead atoms. The Morgan fingerprint density at radius 2 is 1.44 bits per heavy atom. The van der Waals surface area contributed by atoms with E-state index in [1.54, 1.807) is 6.08 Å². The highest BCUT2D eigenvalue weighted by Crippen LogP contribution is 2.48. The van der Waals surface area contributed by atoms with E-state index in [2.05, 4.69) is 6.92 Å². The lowest BCUT2D eigenvalue weighted by Gasteiger charge is -2.42. The van der Waals surface area contributed by atoms with Crippen LogP contribution in [-0.2, 0) is 23.8 Å². The highest BCUT2D eigenvalue weighted by molar-refractivity contribution is 5.90. The molecule has 0 amide bonds. The third kappa shape index (κ3) is 14.2. The van der Waals surface area contributed by atoms with Crippen molar-refractivity contribution in [3.8, 4) is 0 Å². The van der Waals surface area contributed by atoms with Gasteiger partial charge in [-0.3, -0.25) is 9.59 Å². The van der Waals surface area contributed by atoms with E-state index >= 15 is 0 Å². The summed E-state index contributed by atoms with van der Waals surface area (Å²) >= 11 is 0. The van der Waals surface area contributed by atoms with E-state index in [-0.39, 0.29) is 18.2 Å². The topological polar surface area (TPSA) is 82.1 Å². The van der Waals surface area contributed by atoms with Crippen LogP contribution in [0.3, 0.4) is 0 Å². The number of aliphatic hydroxyl groups excluding tert-OH is 1. The molecule has 0 radical (unpaired) electrons. The molecule has 0 aromatic carbocycles. The fourth-order valence-corrected chi connectivity index (χ4v) is 6.49. The zero-order valence-corrected chi connectivity index (χ0v) is 26.8. The first-order valence-electron chi connectivity index (χ1n) is 17.4. The molecule has 6 nitrogen and oxygen atoms in total. The molecule has 0 aromatic heterocycles. The van der Waals surface area contributed by atoms with Crippen LogP contribution in [0.1, 0.15) is 168 Å². The van der Waals surface area contributed by atoms with Crippen LogP contribution in [0, 0.1) is 0 Å². The highest BCUT2D eigenvalue weighted by atomic mass is 16.7. The van der Waals surface area contributed by atoms with E-state index in [4.69, 9.17) is 14.2 Å². The molecule has 41 heavy (non-hydrogen) atoms. The average Bonchev–Trinajstić information content (AvgIpc) is 3.29. The first kappa shape index (κ1) is 36.0. The monoisotopic (exact) mass is 578 g/mol. The Bertz CT molecular complexity index is 751. The van der Waals surface area contributed by atoms with E-state index in [9.17, 15) is 14.7 Å². The molecule has 2 aliphatic heterocycles. The van der Waals surface area contributed by atoms with Gasteiger partial charge < -0.3 is 19.3 Å². The van der Waals surface area contributed by atoms with Crippen LogP contribution >= 0.6 is 0 Å².